The van der Waals surface area contributed by atoms with Crippen LogP contribution in [-0.4, -0.2) is 12.7 Å². The van der Waals surface area contributed by atoms with E-state index in [0.29, 0.717) is 12.0 Å². The summed E-state index contributed by atoms with van der Waals surface area (Å²) in [5.41, 5.74) is 0.166. The van der Waals surface area contributed by atoms with Gasteiger partial charge in [-0.1, -0.05) is 25.0 Å². The third-order valence-electron chi connectivity index (χ3n) is 3.63. The van der Waals surface area contributed by atoms with Crippen molar-refractivity contribution in [2.45, 2.75) is 31.8 Å². The first-order valence-corrected chi connectivity index (χ1v) is 5.21. The molecule has 1 saturated heterocycles. The van der Waals surface area contributed by atoms with Crippen LogP contribution in [0.4, 0.5) is 0 Å². The van der Waals surface area contributed by atoms with Crippen molar-refractivity contribution < 1.29 is 4.74 Å². The average Bonchev–Trinajstić information content (AvgIpc) is 3.01. The third kappa shape index (κ3) is 1.46. The maximum Gasteiger partial charge on any atom is 0.0849 e. The Morgan fingerprint density at radius 2 is 1.92 bits per heavy atom. The molecule has 2 aliphatic rings. The molecule has 0 spiro atoms. The van der Waals surface area contributed by atoms with E-state index in [2.05, 4.69) is 25.3 Å². The zero-order valence-corrected chi connectivity index (χ0v) is 8.17. The van der Waals surface area contributed by atoms with Gasteiger partial charge >= 0.3 is 0 Å². The minimum atomic E-state index is 0.166. The lowest BCUT2D eigenvalue weighted by Crippen LogP contribution is -2.33. The molecule has 2 fully saturated rings. The fraction of sp³-hybridized carbons (Fsp3) is 0.667. The van der Waals surface area contributed by atoms with Gasteiger partial charge in [0.1, 0.15) is 0 Å². The number of hydrogen-bond acceptors (Lipinski definition) is 1. The molecule has 1 heterocycles. The van der Waals surface area contributed by atoms with Crippen molar-refractivity contribution in [2.75, 3.05) is 6.61 Å². The zero-order chi connectivity index (χ0) is 9.31. The second-order valence-corrected chi connectivity index (χ2v) is 4.24. The summed E-state index contributed by atoms with van der Waals surface area (Å²) < 4.78 is 5.41. The van der Waals surface area contributed by atoms with E-state index in [1.807, 2.05) is 0 Å². The van der Waals surface area contributed by atoms with Gasteiger partial charge in [-0.2, -0.15) is 0 Å². The van der Waals surface area contributed by atoms with Crippen LogP contribution in [0.15, 0.2) is 25.3 Å². The van der Waals surface area contributed by atoms with Gasteiger partial charge in [0, 0.05) is 5.41 Å². The smallest absolute Gasteiger partial charge is 0.0849 e. The lowest BCUT2D eigenvalue weighted by molar-refractivity contribution is 0.161. The molecule has 1 nitrogen and oxygen atoms in total. The summed E-state index contributed by atoms with van der Waals surface area (Å²) in [6.45, 7) is 8.87. The standard InChI is InChI=1S/C12H18O/c1-3-12(4-2)8-6-5-7-10(12)11-9-13-11/h3-4,10-11H,1-2,5-9H2. The van der Waals surface area contributed by atoms with Crippen LogP contribution in [0.3, 0.4) is 0 Å². The van der Waals surface area contributed by atoms with Crippen LogP contribution < -0.4 is 0 Å². The highest BCUT2D eigenvalue weighted by atomic mass is 16.6. The van der Waals surface area contributed by atoms with Gasteiger partial charge < -0.3 is 4.74 Å². The van der Waals surface area contributed by atoms with Gasteiger partial charge in [0.15, 0.2) is 0 Å². The van der Waals surface area contributed by atoms with Crippen LogP contribution in [0.5, 0.6) is 0 Å². The molecular weight excluding hydrogens is 160 g/mol. The van der Waals surface area contributed by atoms with Crippen molar-refractivity contribution in [2.24, 2.45) is 11.3 Å². The molecule has 0 radical (unpaired) electrons. The Morgan fingerprint density at radius 1 is 1.23 bits per heavy atom. The summed E-state index contributed by atoms with van der Waals surface area (Å²) in [5, 5.41) is 0. The highest BCUT2D eigenvalue weighted by molar-refractivity contribution is 5.14. The van der Waals surface area contributed by atoms with Crippen LogP contribution >= 0.6 is 0 Å². The quantitative estimate of drug-likeness (QED) is 0.478. The molecule has 1 saturated carbocycles. The van der Waals surface area contributed by atoms with E-state index in [-0.39, 0.29) is 5.41 Å². The average molecular weight is 178 g/mol. The van der Waals surface area contributed by atoms with E-state index in [9.17, 15) is 0 Å². The number of allylic oxidation sites excluding steroid dienone is 2. The monoisotopic (exact) mass is 178 g/mol. The minimum Gasteiger partial charge on any atom is -0.373 e. The highest BCUT2D eigenvalue weighted by Crippen LogP contribution is 2.48. The van der Waals surface area contributed by atoms with Crippen LogP contribution in [-0.2, 0) is 4.74 Å². The molecule has 0 aromatic carbocycles. The SMILES string of the molecule is C=CC1(C=C)CCCCC1C1CO1. The van der Waals surface area contributed by atoms with Crippen molar-refractivity contribution in [3.05, 3.63) is 25.3 Å². The van der Waals surface area contributed by atoms with Crippen LogP contribution in [0, 0.1) is 11.3 Å². The predicted molar refractivity (Wildman–Crippen MR) is 54.5 cm³/mol. The lowest BCUT2D eigenvalue weighted by atomic mass is 9.65. The fourth-order valence-corrected chi connectivity index (χ4v) is 2.66. The molecule has 72 valence electrons. The molecule has 0 amide bonds. The van der Waals surface area contributed by atoms with Gasteiger partial charge in [0.2, 0.25) is 0 Å². The predicted octanol–water partition coefficient (Wildman–Crippen LogP) is 2.93. The van der Waals surface area contributed by atoms with Gasteiger partial charge in [-0.15, -0.1) is 13.2 Å². The second-order valence-electron chi connectivity index (χ2n) is 4.24. The summed E-state index contributed by atoms with van der Waals surface area (Å²) in [6, 6.07) is 0. The molecule has 0 aromatic heterocycles. The Labute approximate surface area is 80.5 Å². The van der Waals surface area contributed by atoms with Crippen LogP contribution in [0.2, 0.25) is 0 Å². The van der Waals surface area contributed by atoms with Crippen molar-refractivity contribution in [3.63, 3.8) is 0 Å². The molecule has 1 aliphatic heterocycles. The molecule has 2 atom stereocenters. The van der Waals surface area contributed by atoms with Crippen molar-refractivity contribution in [3.8, 4) is 0 Å². The number of ether oxygens (including phenoxy) is 1. The maximum atomic E-state index is 5.41. The summed E-state index contributed by atoms with van der Waals surface area (Å²) in [4.78, 5) is 0. The normalized spacial score (nSPS) is 36.6. The van der Waals surface area contributed by atoms with Gasteiger partial charge in [-0.05, 0) is 18.8 Å². The van der Waals surface area contributed by atoms with E-state index in [4.69, 9.17) is 4.74 Å². The number of epoxide rings is 1. The van der Waals surface area contributed by atoms with Crippen molar-refractivity contribution in [1.82, 2.24) is 0 Å². The topological polar surface area (TPSA) is 12.5 Å². The van der Waals surface area contributed by atoms with E-state index in [1.54, 1.807) is 0 Å². The van der Waals surface area contributed by atoms with E-state index in [1.165, 1.54) is 25.7 Å². The molecule has 0 N–H and O–H groups in total. The fourth-order valence-electron chi connectivity index (χ4n) is 2.66. The largest absolute Gasteiger partial charge is 0.373 e. The zero-order valence-electron chi connectivity index (χ0n) is 8.17. The first-order chi connectivity index (χ1) is 6.32. The molecular formula is C12H18O. The summed E-state index contributed by atoms with van der Waals surface area (Å²) in [6.07, 6.45) is 9.82. The Morgan fingerprint density at radius 3 is 2.46 bits per heavy atom. The Hall–Kier alpha value is -0.560. The van der Waals surface area contributed by atoms with Gasteiger partial charge in [-0.25, -0.2) is 0 Å². The van der Waals surface area contributed by atoms with Crippen LogP contribution in [0.25, 0.3) is 0 Å². The maximum absolute atomic E-state index is 5.41. The minimum absolute atomic E-state index is 0.166. The Balaban J connectivity index is 2.18. The first kappa shape index (κ1) is 9.01. The molecule has 1 heteroatoms. The first-order valence-electron chi connectivity index (χ1n) is 5.21. The van der Waals surface area contributed by atoms with Gasteiger partial charge in [0.25, 0.3) is 0 Å². The second kappa shape index (κ2) is 3.30. The van der Waals surface area contributed by atoms with Gasteiger partial charge in [-0.3, -0.25) is 0 Å². The molecule has 0 bridgehead atoms. The van der Waals surface area contributed by atoms with Crippen molar-refractivity contribution >= 4 is 0 Å². The summed E-state index contributed by atoms with van der Waals surface area (Å²) in [7, 11) is 0. The highest BCUT2D eigenvalue weighted by Gasteiger charge is 2.45. The summed E-state index contributed by atoms with van der Waals surface area (Å²) >= 11 is 0. The lowest BCUT2D eigenvalue weighted by Gasteiger charge is -2.39. The van der Waals surface area contributed by atoms with E-state index in [0.717, 1.165) is 6.61 Å². The molecule has 13 heavy (non-hydrogen) atoms. The third-order valence-corrected chi connectivity index (χ3v) is 3.63. The molecule has 2 unspecified atom stereocenters. The van der Waals surface area contributed by atoms with Crippen molar-refractivity contribution in [1.29, 1.82) is 0 Å². The Bertz CT molecular complexity index is 207. The molecule has 2 rings (SSSR count). The van der Waals surface area contributed by atoms with Gasteiger partial charge in [0.05, 0.1) is 12.7 Å². The molecule has 1 aliphatic carbocycles. The number of rotatable bonds is 3. The number of hydrogen-bond donors (Lipinski definition) is 0. The molecule has 0 aromatic rings. The summed E-state index contributed by atoms with van der Waals surface area (Å²) in [5.74, 6) is 0.649. The Kier molecular flexibility index (Phi) is 2.29. The van der Waals surface area contributed by atoms with Crippen LogP contribution in [0.1, 0.15) is 25.7 Å². The van der Waals surface area contributed by atoms with E-state index >= 15 is 0 Å². The van der Waals surface area contributed by atoms with E-state index < -0.39 is 0 Å².